The number of fused-ring (bicyclic) bond motifs is 1. The van der Waals surface area contributed by atoms with Crippen molar-refractivity contribution in [2.45, 2.75) is 12.8 Å². The number of amides is 1. The number of non-ortho nitro benzene ring substituents is 1. The van der Waals surface area contributed by atoms with E-state index in [1.807, 2.05) is 0 Å². The Morgan fingerprint density at radius 3 is 2.68 bits per heavy atom. The van der Waals surface area contributed by atoms with Crippen LogP contribution in [0.3, 0.4) is 0 Å². The molecule has 118 valence electrons. The first-order valence-corrected chi connectivity index (χ1v) is 7.53. The van der Waals surface area contributed by atoms with Crippen LogP contribution in [0.5, 0.6) is 0 Å². The van der Waals surface area contributed by atoms with E-state index in [9.17, 15) is 14.9 Å². The zero-order valence-electron chi connectivity index (χ0n) is 12.4. The largest absolute Gasteiger partial charge is 0.379 e. The van der Waals surface area contributed by atoms with E-state index in [1.165, 1.54) is 6.07 Å². The molecule has 0 spiro atoms. The van der Waals surface area contributed by atoms with Gasteiger partial charge < -0.3 is 9.64 Å². The average Bonchev–Trinajstić information content (AvgIpc) is 2.54. The highest BCUT2D eigenvalue weighted by molar-refractivity contribution is 5.96. The van der Waals surface area contributed by atoms with Crippen LogP contribution < -0.4 is 4.90 Å². The summed E-state index contributed by atoms with van der Waals surface area (Å²) in [5.74, 6) is 0.0922. The second-order valence-electron chi connectivity index (χ2n) is 5.57. The van der Waals surface area contributed by atoms with Gasteiger partial charge in [-0.2, -0.15) is 0 Å². The Hall–Kier alpha value is -1.99. The lowest BCUT2D eigenvalue weighted by atomic mass is 10.0. The van der Waals surface area contributed by atoms with Gasteiger partial charge in [-0.15, -0.1) is 0 Å². The second kappa shape index (κ2) is 6.41. The maximum absolute atomic E-state index is 12.2. The molecular weight excluding hydrogens is 286 g/mol. The Labute approximate surface area is 128 Å². The van der Waals surface area contributed by atoms with Gasteiger partial charge in [-0.05, 0) is 18.1 Å². The van der Waals surface area contributed by atoms with E-state index in [0.29, 0.717) is 19.4 Å². The van der Waals surface area contributed by atoms with Gasteiger partial charge in [-0.1, -0.05) is 0 Å². The van der Waals surface area contributed by atoms with Crippen molar-refractivity contribution in [3.05, 3.63) is 33.9 Å². The third-order valence-electron chi connectivity index (χ3n) is 4.22. The van der Waals surface area contributed by atoms with E-state index >= 15 is 0 Å². The number of nitrogens with zero attached hydrogens (tertiary/aromatic N) is 3. The van der Waals surface area contributed by atoms with E-state index in [1.54, 1.807) is 17.0 Å². The van der Waals surface area contributed by atoms with Crippen molar-refractivity contribution < 1.29 is 14.5 Å². The first-order valence-electron chi connectivity index (χ1n) is 7.53. The fourth-order valence-corrected chi connectivity index (χ4v) is 2.97. The maximum Gasteiger partial charge on any atom is 0.269 e. The quantitative estimate of drug-likeness (QED) is 0.617. The Morgan fingerprint density at radius 1 is 1.18 bits per heavy atom. The summed E-state index contributed by atoms with van der Waals surface area (Å²) in [4.78, 5) is 26.7. The number of anilines is 1. The van der Waals surface area contributed by atoms with Gasteiger partial charge in [-0.3, -0.25) is 19.8 Å². The Bertz CT molecular complexity index is 584. The molecule has 7 heteroatoms. The van der Waals surface area contributed by atoms with Crippen LogP contribution in [0.1, 0.15) is 12.0 Å². The smallest absolute Gasteiger partial charge is 0.269 e. The summed E-state index contributed by atoms with van der Waals surface area (Å²) < 4.78 is 5.32. The monoisotopic (exact) mass is 305 g/mol. The van der Waals surface area contributed by atoms with Crippen molar-refractivity contribution in [1.82, 2.24) is 4.90 Å². The van der Waals surface area contributed by atoms with Crippen LogP contribution in [0, 0.1) is 10.1 Å². The second-order valence-corrected chi connectivity index (χ2v) is 5.57. The Balaban J connectivity index is 1.74. The topological polar surface area (TPSA) is 75.9 Å². The summed E-state index contributed by atoms with van der Waals surface area (Å²) in [5.41, 5.74) is 1.78. The summed E-state index contributed by atoms with van der Waals surface area (Å²) in [6, 6.07) is 4.76. The molecule has 1 saturated heterocycles. The molecule has 0 bridgehead atoms. The van der Waals surface area contributed by atoms with Crippen LogP contribution in [0.15, 0.2) is 18.2 Å². The lowest BCUT2D eigenvalue weighted by molar-refractivity contribution is -0.384. The van der Waals surface area contributed by atoms with E-state index in [4.69, 9.17) is 4.74 Å². The summed E-state index contributed by atoms with van der Waals surface area (Å²) in [5, 5.41) is 10.9. The standard InChI is InChI=1S/C15H19N3O4/c19-15-4-1-12-11-13(18(20)21)2-3-14(12)17(15)6-5-16-7-9-22-10-8-16/h2-3,11H,1,4-10H2. The number of hydrogen-bond acceptors (Lipinski definition) is 5. The lowest BCUT2D eigenvalue weighted by Crippen LogP contribution is -2.44. The third kappa shape index (κ3) is 3.10. The van der Waals surface area contributed by atoms with Gasteiger partial charge in [0.25, 0.3) is 5.69 Å². The highest BCUT2D eigenvalue weighted by atomic mass is 16.6. The lowest BCUT2D eigenvalue weighted by Gasteiger charge is -2.33. The number of nitro benzene ring substituents is 1. The molecule has 0 radical (unpaired) electrons. The van der Waals surface area contributed by atoms with Gasteiger partial charge in [0.2, 0.25) is 5.91 Å². The molecular formula is C15H19N3O4. The normalized spacial score (nSPS) is 19.1. The SMILES string of the molecule is O=C1CCc2cc([N+](=O)[O-])ccc2N1CCN1CCOCC1. The molecule has 0 aliphatic carbocycles. The maximum atomic E-state index is 12.2. The fraction of sp³-hybridized carbons (Fsp3) is 0.533. The average molecular weight is 305 g/mol. The van der Waals surface area contributed by atoms with Crippen LogP contribution in [0.25, 0.3) is 0 Å². The predicted octanol–water partition coefficient (Wildman–Crippen LogP) is 1.21. The van der Waals surface area contributed by atoms with Crippen molar-refractivity contribution in [2.24, 2.45) is 0 Å². The molecule has 0 unspecified atom stereocenters. The molecule has 3 rings (SSSR count). The van der Waals surface area contributed by atoms with Crippen LogP contribution in [0.4, 0.5) is 11.4 Å². The van der Waals surface area contributed by atoms with Gasteiger partial charge in [0.1, 0.15) is 0 Å². The van der Waals surface area contributed by atoms with Crippen molar-refractivity contribution in [3.8, 4) is 0 Å². The first-order chi connectivity index (χ1) is 10.6. The minimum absolute atomic E-state index is 0.0845. The Kier molecular flexibility index (Phi) is 4.35. The van der Waals surface area contributed by atoms with Crippen molar-refractivity contribution >= 4 is 17.3 Å². The minimum Gasteiger partial charge on any atom is -0.379 e. The number of aryl methyl sites for hydroxylation is 1. The minimum atomic E-state index is -0.394. The van der Waals surface area contributed by atoms with Crippen molar-refractivity contribution in [1.29, 1.82) is 0 Å². The molecule has 0 saturated carbocycles. The van der Waals surface area contributed by atoms with E-state index in [-0.39, 0.29) is 11.6 Å². The van der Waals surface area contributed by atoms with Crippen LogP contribution >= 0.6 is 0 Å². The van der Waals surface area contributed by atoms with Gasteiger partial charge >= 0.3 is 0 Å². The molecule has 2 aliphatic rings. The Morgan fingerprint density at radius 2 is 1.95 bits per heavy atom. The molecule has 0 atom stereocenters. The molecule has 0 aromatic heterocycles. The zero-order chi connectivity index (χ0) is 15.5. The van der Waals surface area contributed by atoms with Crippen molar-refractivity contribution in [3.63, 3.8) is 0 Å². The first kappa shape index (κ1) is 14.9. The number of rotatable bonds is 4. The van der Waals surface area contributed by atoms with E-state index in [0.717, 1.165) is 44.1 Å². The molecule has 2 heterocycles. The highest BCUT2D eigenvalue weighted by Gasteiger charge is 2.26. The molecule has 1 aromatic rings. The molecule has 0 N–H and O–H groups in total. The summed E-state index contributed by atoms with van der Waals surface area (Å²) >= 11 is 0. The predicted molar refractivity (Wildman–Crippen MR) is 81.0 cm³/mol. The molecule has 2 aliphatic heterocycles. The number of benzene rings is 1. The zero-order valence-corrected chi connectivity index (χ0v) is 12.4. The molecule has 1 amide bonds. The number of hydrogen-bond donors (Lipinski definition) is 0. The fourth-order valence-electron chi connectivity index (χ4n) is 2.97. The molecule has 1 fully saturated rings. The van der Waals surface area contributed by atoms with E-state index < -0.39 is 4.92 Å². The molecule has 22 heavy (non-hydrogen) atoms. The molecule has 1 aromatic carbocycles. The number of morpholine rings is 1. The van der Waals surface area contributed by atoms with Crippen LogP contribution in [-0.4, -0.2) is 55.1 Å². The molecule has 7 nitrogen and oxygen atoms in total. The highest BCUT2D eigenvalue weighted by Crippen LogP contribution is 2.30. The van der Waals surface area contributed by atoms with Gasteiger partial charge in [0, 0.05) is 50.4 Å². The number of carbonyl (C=O) groups is 1. The number of carbonyl (C=O) groups excluding carboxylic acids is 1. The number of nitro groups is 1. The van der Waals surface area contributed by atoms with Gasteiger partial charge in [0.05, 0.1) is 18.1 Å². The van der Waals surface area contributed by atoms with Gasteiger partial charge in [-0.25, -0.2) is 0 Å². The van der Waals surface area contributed by atoms with Gasteiger partial charge in [0.15, 0.2) is 0 Å². The van der Waals surface area contributed by atoms with E-state index in [2.05, 4.69) is 4.90 Å². The number of ether oxygens (including phenoxy) is 1. The summed E-state index contributed by atoms with van der Waals surface area (Å²) in [6.45, 7) is 4.65. The summed E-state index contributed by atoms with van der Waals surface area (Å²) in [7, 11) is 0. The van der Waals surface area contributed by atoms with Crippen molar-refractivity contribution in [2.75, 3.05) is 44.3 Å². The van der Waals surface area contributed by atoms with Crippen LogP contribution in [0.2, 0.25) is 0 Å². The third-order valence-corrected chi connectivity index (χ3v) is 4.22. The summed E-state index contributed by atoms with van der Waals surface area (Å²) in [6.07, 6.45) is 0.987. The van der Waals surface area contributed by atoms with Crippen LogP contribution in [-0.2, 0) is 16.0 Å².